The minimum absolute atomic E-state index is 0.287. The molecule has 0 radical (unpaired) electrons. The molecule has 8 nitrogen and oxygen atoms in total. The molecular formula is C43H68N6O2. The summed E-state index contributed by atoms with van der Waals surface area (Å²) >= 11 is 0. The van der Waals surface area contributed by atoms with Gasteiger partial charge in [0.25, 0.3) is 0 Å². The predicted octanol–water partition coefficient (Wildman–Crippen LogP) is 8.57. The van der Waals surface area contributed by atoms with Crippen molar-refractivity contribution >= 4 is 11.6 Å². The first-order valence-electron chi connectivity index (χ1n) is 21.0. The van der Waals surface area contributed by atoms with Gasteiger partial charge in [-0.05, 0) is 175 Å². The van der Waals surface area contributed by atoms with Gasteiger partial charge in [-0.2, -0.15) is 9.97 Å². The standard InChI is InChI=1S/C43H68N6O2/c1-31-10-6-29-50-40-13-4-11-38(48-40)46-27-8-25-44-23-7-24-45-26-9-28-47-39-12-5-14-41(49-39)51-33-19-21-42(2)32(30-33)15-16-34-36-18-17-35(31)43(36,3)22-20-37(34)42/h4-5,11-14,31-37,44-45H,6-10,15-30H2,1-3H3,(H,46,48)(H,47,49)/t31-,32-,33+,34+,35-,36+,37+,42+,43-/m1/s1. The molecule has 4 aliphatic carbocycles. The van der Waals surface area contributed by atoms with Crippen molar-refractivity contribution in [1.29, 1.82) is 0 Å². The minimum atomic E-state index is 0.287. The van der Waals surface area contributed by atoms with Gasteiger partial charge in [0, 0.05) is 25.2 Å². The molecule has 8 heteroatoms. The number of pyridine rings is 2. The molecule has 0 aromatic carbocycles. The zero-order valence-corrected chi connectivity index (χ0v) is 32.1. The van der Waals surface area contributed by atoms with Gasteiger partial charge in [0.2, 0.25) is 11.8 Å². The van der Waals surface area contributed by atoms with Gasteiger partial charge in [0.05, 0.1) is 6.61 Å². The van der Waals surface area contributed by atoms with Crippen molar-refractivity contribution in [3.8, 4) is 11.8 Å². The van der Waals surface area contributed by atoms with E-state index in [-0.39, 0.29) is 6.10 Å². The highest BCUT2D eigenvalue weighted by Crippen LogP contribution is 2.68. The number of ether oxygens (including phenoxy) is 2. The molecule has 0 saturated heterocycles. The van der Waals surface area contributed by atoms with E-state index in [4.69, 9.17) is 19.4 Å². The number of aromatic nitrogens is 2. The van der Waals surface area contributed by atoms with Crippen LogP contribution in [0.4, 0.5) is 11.6 Å². The molecule has 0 spiro atoms. The van der Waals surface area contributed by atoms with E-state index in [2.05, 4.69) is 66.3 Å². The Morgan fingerprint density at radius 3 is 2.00 bits per heavy atom. The van der Waals surface area contributed by atoms with Gasteiger partial charge in [-0.1, -0.05) is 32.9 Å². The Morgan fingerprint density at radius 1 is 0.627 bits per heavy atom. The van der Waals surface area contributed by atoms with Crippen molar-refractivity contribution < 1.29 is 9.47 Å². The molecule has 4 N–H and O–H groups in total. The summed E-state index contributed by atoms with van der Waals surface area (Å²) in [7, 11) is 0. The number of hydrogen-bond acceptors (Lipinski definition) is 8. The van der Waals surface area contributed by atoms with Crippen molar-refractivity contribution in [2.75, 3.05) is 56.5 Å². The lowest BCUT2D eigenvalue weighted by Gasteiger charge is -2.61. The van der Waals surface area contributed by atoms with E-state index in [9.17, 15) is 0 Å². The zero-order valence-electron chi connectivity index (χ0n) is 32.1. The van der Waals surface area contributed by atoms with Crippen LogP contribution in [0.5, 0.6) is 11.8 Å². The Labute approximate surface area is 308 Å². The number of nitrogens with zero attached hydrogens (tertiary/aromatic N) is 2. The molecule has 4 fully saturated rings. The van der Waals surface area contributed by atoms with Crippen molar-refractivity contribution in [3.05, 3.63) is 36.4 Å². The average Bonchev–Trinajstić information content (AvgIpc) is 3.49. The molecule has 7 aliphatic rings. The molecule has 9 atom stereocenters. The molecule has 4 saturated carbocycles. The van der Waals surface area contributed by atoms with Crippen LogP contribution < -0.4 is 30.7 Å². The molecule has 0 unspecified atom stereocenters. The van der Waals surface area contributed by atoms with Crippen molar-refractivity contribution in [1.82, 2.24) is 20.6 Å². The van der Waals surface area contributed by atoms with Crippen LogP contribution in [-0.4, -0.2) is 61.9 Å². The summed E-state index contributed by atoms with van der Waals surface area (Å²) in [6.07, 6.45) is 18.1. The van der Waals surface area contributed by atoms with Crippen LogP contribution >= 0.6 is 0 Å². The number of hydrogen-bond donors (Lipinski definition) is 4. The van der Waals surface area contributed by atoms with Crippen molar-refractivity contribution in [2.24, 2.45) is 46.3 Å². The summed E-state index contributed by atoms with van der Waals surface area (Å²) in [5.41, 5.74) is 0.963. The Hall–Kier alpha value is -2.58. The Morgan fingerprint density at radius 2 is 1.25 bits per heavy atom. The van der Waals surface area contributed by atoms with Crippen LogP contribution in [0.2, 0.25) is 0 Å². The van der Waals surface area contributed by atoms with E-state index < -0.39 is 0 Å². The highest BCUT2D eigenvalue weighted by Gasteiger charge is 2.60. The van der Waals surface area contributed by atoms with Crippen LogP contribution in [-0.2, 0) is 0 Å². The van der Waals surface area contributed by atoms with E-state index in [0.717, 1.165) is 137 Å². The first-order valence-corrected chi connectivity index (χ1v) is 21.0. The third-order valence-electron chi connectivity index (χ3n) is 14.5. The number of nitrogens with one attached hydrogen (secondary N) is 4. The maximum atomic E-state index is 6.64. The van der Waals surface area contributed by atoms with Crippen molar-refractivity contribution in [2.45, 2.75) is 117 Å². The van der Waals surface area contributed by atoms with Crippen LogP contribution in [0.25, 0.3) is 0 Å². The maximum Gasteiger partial charge on any atom is 0.215 e. The topological polar surface area (TPSA) is 92.4 Å². The molecule has 5 heterocycles. The number of rotatable bonds is 0. The van der Waals surface area contributed by atoms with Gasteiger partial charge in [-0.3, -0.25) is 0 Å². The van der Waals surface area contributed by atoms with E-state index in [1.807, 2.05) is 12.1 Å². The van der Waals surface area contributed by atoms with E-state index in [0.29, 0.717) is 10.8 Å². The molecule has 2 aromatic heterocycles. The normalized spacial score (nSPS) is 37.3. The lowest BCUT2D eigenvalue weighted by Crippen LogP contribution is -2.54. The summed E-state index contributed by atoms with van der Waals surface area (Å²) < 4.78 is 12.8. The quantitative estimate of drug-likeness (QED) is 0.217. The van der Waals surface area contributed by atoms with Crippen molar-refractivity contribution in [3.63, 3.8) is 0 Å². The second kappa shape index (κ2) is 17.0. The van der Waals surface area contributed by atoms with Gasteiger partial charge in [0.15, 0.2) is 0 Å². The second-order valence-electron chi connectivity index (χ2n) is 17.5. The highest BCUT2D eigenvalue weighted by molar-refractivity contribution is 5.37. The third-order valence-corrected chi connectivity index (χ3v) is 14.5. The molecule has 2 aromatic rings. The van der Waals surface area contributed by atoms with Gasteiger partial charge in [0.1, 0.15) is 17.7 Å². The number of anilines is 2. The molecule has 51 heavy (non-hydrogen) atoms. The van der Waals surface area contributed by atoms with Gasteiger partial charge >= 0.3 is 0 Å². The molecule has 9 rings (SSSR count). The fraction of sp³-hybridized carbons (Fsp3) is 0.767. The van der Waals surface area contributed by atoms with Gasteiger partial charge in [-0.15, -0.1) is 0 Å². The monoisotopic (exact) mass is 701 g/mol. The molecule has 0 amide bonds. The summed E-state index contributed by atoms with van der Waals surface area (Å²) in [6.45, 7) is 14.6. The number of fused-ring (bicyclic) bond motifs is 1. The zero-order chi connectivity index (χ0) is 35.1. The Kier molecular flexibility index (Phi) is 12.3. The first-order chi connectivity index (χ1) is 24.9. The minimum Gasteiger partial charge on any atom is -0.478 e. The molecule has 3 aliphatic heterocycles. The summed E-state index contributed by atoms with van der Waals surface area (Å²) in [5.74, 6) is 8.43. The third kappa shape index (κ3) is 8.64. The molecule has 282 valence electrons. The van der Waals surface area contributed by atoms with Crippen LogP contribution in [0.3, 0.4) is 0 Å². The highest BCUT2D eigenvalue weighted by atomic mass is 16.5. The van der Waals surface area contributed by atoms with E-state index in [1.165, 1.54) is 57.8 Å². The lowest BCUT2D eigenvalue weighted by molar-refractivity contribution is -0.127. The lowest BCUT2D eigenvalue weighted by atomic mass is 9.44. The second-order valence-corrected chi connectivity index (χ2v) is 17.5. The molecular weight excluding hydrogens is 633 g/mol. The summed E-state index contributed by atoms with van der Waals surface area (Å²) in [5, 5.41) is 14.2. The molecule has 12 bridgehead atoms. The largest absolute Gasteiger partial charge is 0.478 e. The maximum absolute atomic E-state index is 6.64. The van der Waals surface area contributed by atoms with Gasteiger partial charge in [-0.25, -0.2) is 0 Å². The SMILES string of the molecule is C[C@@H]1CCCOc2cccc(n2)NCCCNCCCNCCCNc2cccc(n2)O[C@H]2CC[C@@]3(C)[C@H](CC[C@@H]4[C@@H]3CC[C@]3(C)[C@@H]1CC[C@@H]43)C2. The van der Waals surface area contributed by atoms with E-state index >= 15 is 0 Å². The predicted molar refractivity (Wildman–Crippen MR) is 209 cm³/mol. The summed E-state index contributed by atoms with van der Waals surface area (Å²) in [6, 6.07) is 12.3. The Bertz CT molecular complexity index is 1390. The van der Waals surface area contributed by atoms with Crippen LogP contribution in [0.1, 0.15) is 111 Å². The fourth-order valence-electron chi connectivity index (χ4n) is 11.9. The fourth-order valence-corrected chi connectivity index (χ4v) is 11.9. The smallest absolute Gasteiger partial charge is 0.215 e. The Balaban J connectivity index is 0.981. The van der Waals surface area contributed by atoms with Crippen LogP contribution in [0, 0.1) is 46.3 Å². The van der Waals surface area contributed by atoms with Gasteiger partial charge < -0.3 is 30.7 Å². The van der Waals surface area contributed by atoms with E-state index in [1.54, 1.807) is 0 Å². The average molecular weight is 701 g/mol. The summed E-state index contributed by atoms with van der Waals surface area (Å²) in [4.78, 5) is 9.61. The van der Waals surface area contributed by atoms with Crippen LogP contribution in [0.15, 0.2) is 36.4 Å². The first kappa shape index (κ1) is 36.8.